The van der Waals surface area contributed by atoms with E-state index in [1.807, 2.05) is 19.1 Å². The number of hydrogen-bond donors (Lipinski definition) is 12. The fourth-order valence-corrected chi connectivity index (χ4v) is 7.97. The third-order valence-corrected chi connectivity index (χ3v) is 12.0. The number of fused-ring (bicyclic) bond motifs is 2. The molecule has 18 nitrogen and oxygen atoms in total. The molecule has 3 aliphatic rings. The zero-order chi connectivity index (χ0) is 48.4. The number of hydrogen-bond acceptors (Lipinski definition) is 17. The molecular formula is C47H73NO17. The second kappa shape index (κ2) is 27.4. The standard InChI is InChI=1S/C47H73NO17/c1-27-17-15-13-11-9-7-5-6-8-10-12-14-16-18-34(64-46-44(58)41(48)43(57)30(4)63-46)24-38-40(45(59)60)37(54)26-47(61,65-38)25-33(51)22-36(53)35(52)20-19-31(49)21-32(50)23-39(55)62-29(3)28(2)42(27)56/h5-18,27-38,40-44,46,49-54,56-58,61H,19-26,48H2,1-4H3,(H,59,60)/b6-5+,9-7+,10-8+,13-11+,14-12+,17-15+,18-16+/t27-,28-,29-,30-,31+,32+,33-,34-,35+,36+,37-,38-,40+,41+,42+,43-,44+,46?,47-/m0/s1. The Balaban J connectivity index is 1.86. The predicted molar refractivity (Wildman–Crippen MR) is 237 cm³/mol. The molecule has 2 bridgehead atoms. The van der Waals surface area contributed by atoms with E-state index in [9.17, 15) is 65.8 Å². The second-order valence-electron chi connectivity index (χ2n) is 17.6. The summed E-state index contributed by atoms with van der Waals surface area (Å²) >= 11 is 0. The molecule has 0 saturated carbocycles. The summed E-state index contributed by atoms with van der Waals surface area (Å²) in [6.45, 7) is 6.74. The highest BCUT2D eigenvalue weighted by atomic mass is 16.7. The van der Waals surface area contributed by atoms with Crippen molar-refractivity contribution in [1.29, 1.82) is 0 Å². The Bertz CT molecular complexity index is 1670. The van der Waals surface area contributed by atoms with Crippen molar-refractivity contribution in [3.8, 4) is 0 Å². The van der Waals surface area contributed by atoms with Gasteiger partial charge in [0.2, 0.25) is 0 Å². The van der Waals surface area contributed by atoms with Crippen molar-refractivity contribution in [3.05, 3.63) is 85.1 Å². The smallest absolute Gasteiger partial charge is 0.311 e. The summed E-state index contributed by atoms with van der Waals surface area (Å²) in [5.41, 5.74) is 6.02. The van der Waals surface area contributed by atoms with Crippen LogP contribution >= 0.6 is 0 Å². The molecule has 3 heterocycles. The normalized spacial score (nSPS) is 45.5. The maximum absolute atomic E-state index is 12.6. The van der Waals surface area contributed by atoms with Gasteiger partial charge in [-0.15, -0.1) is 0 Å². The van der Waals surface area contributed by atoms with Crippen LogP contribution in [-0.4, -0.2) is 166 Å². The lowest BCUT2D eigenvalue weighted by Crippen LogP contribution is -2.61. The summed E-state index contributed by atoms with van der Waals surface area (Å²) in [6, 6.07) is -1.15. The lowest BCUT2D eigenvalue weighted by atomic mass is 9.82. The number of carbonyl (C=O) groups is 2. The molecule has 18 heteroatoms. The van der Waals surface area contributed by atoms with Gasteiger partial charge in [-0.3, -0.25) is 9.59 Å². The molecule has 13 N–H and O–H groups in total. The van der Waals surface area contributed by atoms with Gasteiger partial charge in [0.1, 0.15) is 18.1 Å². The molecule has 2 saturated heterocycles. The Morgan fingerprint density at radius 2 is 1.23 bits per heavy atom. The number of nitrogens with two attached hydrogens (primary N) is 1. The van der Waals surface area contributed by atoms with Crippen molar-refractivity contribution in [3.63, 3.8) is 0 Å². The van der Waals surface area contributed by atoms with Gasteiger partial charge in [0.15, 0.2) is 12.1 Å². The van der Waals surface area contributed by atoms with Gasteiger partial charge in [-0.05, 0) is 33.1 Å². The quantitative estimate of drug-likeness (QED) is 0.174. The number of carbonyl (C=O) groups excluding carboxylic acids is 1. The van der Waals surface area contributed by atoms with Gasteiger partial charge in [-0.1, -0.05) is 98.9 Å². The van der Waals surface area contributed by atoms with Crippen LogP contribution in [-0.2, 0) is 28.5 Å². The van der Waals surface area contributed by atoms with E-state index in [1.165, 1.54) is 13.0 Å². The topological polar surface area (TPSA) is 320 Å². The first-order chi connectivity index (χ1) is 30.6. The molecule has 0 aliphatic carbocycles. The molecule has 65 heavy (non-hydrogen) atoms. The van der Waals surface area contributed by atoms with E-state index in [0.717, 1.165) is 0 Å². The molecule has 0 aromatic carbocycles. The minimum atomic E-state index is -2.33. The summed E-state index contributed by atoms with van der Waals surface area (Å²) in [5.74, 6) is -6.83. The van der Waals surface area contributed by atoms with Gasteiger partial charge in [0, 0.05) is 37.5 Å². The molecule has 3 rings (SSSR count). The van der Waals surface area contributed by atoms with Crippen molar-refractivity contribution in [1.82, 2.24) is 0 Å². The number of aliphatic carboxylic acids is 1. The highest BCUT2D eigenvalue weighted by Crippen LogP contribution is 2.38. The van der Waals surface area contributed by atoms with Crippen LogP contribution in [0.5, 0.6) is 0 Å². The van der Waals surface area contributed by atoms with Gasteiger partial charge in [0.25, 0.3) is 0 Å². The molecule has 0 amide bonds. The highest BCUT2D eigenvalue weighted by molar-refractivity contribution is 5.71. The number of rotatable bonds is 3. The van der Waals surface area contributed by atoms with E-state index in [2.05, 4.69) is 0 Å². The number of aliphatic hydroxyl groups is 10. The number of carboxylic acids is 1. The van der Waals surface area contributed by atoms with Gasteiger partial charge in [-0.25, -0.2) is 0 Å². The molecule has 0 spiro atoms. The highest BCUT2D eigenvalue weighted by Gasteiger charge is 2.51. The van der Waals surface area contributed by atoms with Crippen molar-refractivity contribution < 1.29 is 84.7 Å². The van der Waals surface area contributed by atoms with E-state index in [-0.39, 0.29) is 31.6 Å². The van der Waals surface area contributed by atoms with Crippen LogP contribution in [0.4, 0.5) is 0 Å². The average Bonchev–Trinajstić information content (AvgIpc) is 3.21. The Labute approximate surface area is 381 Å². The lowest BCUT2D eigenvalue weighted by Gasteiger charge is -2.45. The van der Waals surface area contributed by atoms with Crippen LogP contribution < -0.4 is 5.73 Å². The van der Waals surface area contributed by atoms with E-state index in [0.29, 0.717) is 0 Å². The predicted octanol–water partition coefficient (Wildman–Crippen LogP) is 0.712. The molecule has 3 aliphatic heterocycles. The van der Waals surface area contributed by atoms with Crippen molar-refractivity contribution in [2.45, 2.75) is 177 Å². The summed E-state index contributed by atoms with van der Waals surface area (Å²) in [5, 5.41) is 118. The van der Waals surface area contributed by atoms with E-state index in [4.69, 9.17) is 24.7 Å². The van der Waals surface area contributed by atoms with Crippen LogP contribution in [0.1, 0.15) is 79.1 Å². The van der Waals surface area contributed by atoms with Gasteiger partial charge >= 0.3 is 11.9 Å². The summed E-state index contributed by atoms with van der Waals surface area (Å²) < 4.78 is 23.1. The maximum Gasteiger partial charge on any atom is 0.311 e. The van der Waals surface area contributed by atoms with Gasteiger partial charge in [-0.2, -0.15) is 0 Å². The van der Waals surface area contributed by atoms with E-state index < -0.39 is 147 Å². The summed E-state index contributed by atoms with van der Waals surface area (Å²) in [4.78, 5) is 25.1. The second-order valence-corrected chi connectivity index (χ2v) is 17.6. The zero-order valence-electron chi connectivity index (χ0n) is 37.6. The lowest BCUT2D eigenvalue weighted by molar-refractivity contribution is -0.308. The van der Waals surface area contributed by atoms with Crippen molar-refractivity contribution >= 4 is 11.9 Å². The van der Waals surface area contributed by atoms with Gasteiger partial charge in [0.05, 0.1) is 79.6 Å². The first kappa shape index (κ1) is 55.9. The third kappa shape index (κ3) is 18.6. The largest absolute Gasteiger partial charge is 0.481 e. The Kier molecular flexibility index (Phi) is 23.6. The Hall–Kier alpha value is -3.44. The van der Waals surface area contributed by atoms with Crippen LogP contribution in [0.25, 0.3) is 0 Å². The molecule has 19 atom stereocenters. The molecule has 368 valence electrons. The molecule has 1 unspecified atom stereocenters. The summed E-state index contributed by atoms with van der Waals surface area (Å²) in [7, 11) is 0. The zero-order valence-corrected chi connectivity index (χ0v) is 37.6. The molecular weight excluding hydrogens is 851 g/mol. The number of cyclic esters (lactones) is 1. The van der Waals surface area contributed by atoms with Crippen LogP contribution in [0.3, 0.4) is 0 Å². The number of carboxylic acid groups (broad SMARTS) is 1. The van der Waals surface area contributed by atoms with Crippen LogP contribution in [0.2, 0.25) is 0 Å². The maximum atomic E-state index is 12.6. The molecule has 2 fully saturated rings. The third-order valence-electron chi connectivity index (χ3n) is 12.0. The first-order valence-electron chi connectivity index (χ1n) is 22.3. The Morgan fingerprint density at radius 3 is 1.82 bits per heavy atom. The number of allylic oxidation sites excluding steroid dienone is 12. The fourth-order valence-electron chi connectivity index (χ4n) is 7.97. The Morgan fingerprint density at radius 1 is 0.662 bits per heavy atom. The first-order valence-corrected chi connectivity index (χ1v) is 22.3. The van der Waals surface area contributed by atoms with Crippen LogP contribution in [0.15, 0.2) is 85.1 Å². The van der Waals surface area contributed by atoms with E-state index in [1.54, 1.807) is 80.7 Å². The SMILES string of the molecule is C[C@@H]1[C@H](O)[C@@H](C)/C=C/C=C/C=C/C=C/C=C/C=C/C=C/[C@H](OC2O[C@@H](C)[C@H](O)[C@@H](N)[C@H]2O)C[C@@H]2O[C@@](O)(C[C@@H](O)C[C@@H](O)[C@H](O)CC[C@@H](O)C[C@@H](O)CC(=O)O[C@H]1C)C[C@H](O)[C@H]2C(=O)O. The molecule has 0 aromatic rings. The average molecular weight is 924 g/mol. The van der Waals surface area contributed by atoms with Crippen molar-refractivity contribution in [2.24, 2.45) is 23.5 Å². The van der Waals surface area contributed by atoms with Crippen LogP contribution in [0, 0.1) is 17.8 Å². The fraction of sp³-hybridized carbons (Fsp3) is 0.660. The minimum absolute atomic E-state index is 0.107. The van der Waals surface area contributed by atoms with Crippen molar-refractivity contribution in [2.75, 3.05) is 0 Å². The number of aliphatic hydroxyl groups excluding tert-OH is 9. The number of esters is 1. The number of ether oxygens (including phenoxy) is 4. The molecule has 0 radical (unpaired) electrons. The summed E-state index contributed by atoms with van der Waals surface area (Å²) in [6.07, 6.45) is 3.46. The monoisotopic (exact) mass is 923 g/mol. The minimum Gasteiger partial charge on any atom is -0.481 e. The van der Waals surface area contributed by atoms with Gasteiger partial charge < -0.3 is 80.9 Å². The molecule has 0 aromatic heterocycles. The van der Waals surface area contributed by atoms with E-state index >= 15 is 0 Å².